The van der Waals surface area contributed by atoms with Crippen LogP contribution in [0.1, 0.15) is 34.7 Å². The lowest BCUT2D eigenvalue weighted by molar-refractivity contribution is -0.479. The fourth-order valence-corrected chi connectivity index (χ4v) is 5.86. The van der Waals surface area contributed by atoms with Gasteiger partial charge in [0.2, 0.25) is 6.54 Å². The molecule has 1 atom stereocenters. The van der Waals surface area contributed by atoms with Crippen LogP contribution in [-0.2, 0) is 6.61 Å². The normalized spacial score (nSPS) is 11.8. The highest BCUT2D eigenvalue weighted by molar-refractivity contribution is 9.10. The predicted molar refractivity (Wildman–Crippen MR) is 152 cm³/mol. The summed E-state index contributed by atoms with van der Waals surface area (Å²) in [5, 5.41) is 20.9. The minimum absolute atomic E-state index is 0.282. The van der Waals surface area contributed by atoms with Crippen LogP contribution in [-0.4, -0.2) is 32.8 Å². The number of nitro groups is 1. The quantitative estimate of drug-likeness (QED) is 0.0984. The van der Waals surface area contributed by atoms with E-state index < -0.39 is 5.25 Å². The molecule has 11 heteroatoms. The number of benzene rings is 3. The summed E-state index contributed by atoms with van der Waals surface area (Å²) in [5.74, 6) is 1.70. The lowest BCUT2D eigenvalue weighted by Crippen LogP contribution is -2.12. The number of rotatable bonds is 11. The molecule has 0 bridgehead atoms. The monoisotopic (exact) mass is 616 g/mol. The summed E-state index contributed by atoms with van der Waals surface area (Å²) in [5.41, 5.74) is 3.60. The fraction of sp³-hybridized carbons (Fsp3) is 0.259. The van der Waals surface area contributed by atoms with Gasteiger partial charge in [-0.25, -0.2) is 0 Å². The summed E-state index contributed by atoms with van der Waals surface area (Å²) in [6.45, 7) is 6.11. The number of hydrogen-bond acceptors (Lipinski definition) is 7. The molecule has 0 saturated heterocycles. The van der Waals surface area contributed by atoms with Crippen molar-refractivity contribution in [3.8, 4) is 17.2 Å². The van der Waals surface area contributed by atoms with E-state index in [0.29, 0.717) is 44.1 Å². The van der Waals surface area contributed by atoms with E-state index in [0.717, 1.165) is 16.8 Å². The Kier molecular flexibility index (Phi) is 9.30. The molecule has 0 unspecified atom stereocenters. The maximum Gasteiger partial charge on any atom is 0.220 e. The van der Waals surface area contributed by atoms with Crippen molar-refractivity contribution in [2.24, 2.45) is 0 Å². The zero-order valence-corrected chi connectivity index (χ0v) is 24.2. The van der Waals surface area contributed by atoms with Crippen LogP contribution in [0.3, 0.4) is 0 Å². The van der Waals surface area contributed by atoms with Crippen LogP contribution >= 0.6 is 39.3 Å². The maximum absolute atomic E-state index is 11.7. The molecular formula is C27H26BrClN4O4S. The van der Waals surface area contributed by atoms with E-state index in [4.69, 9.17) is 21.1 Å². The van der Waals surface area contributed by atoms with Gasteiger partial charge in [-0.05, 0) is 89.8 Å². The van der Waals surface area contributed by atoms with Gasteiger partial charge in [-0.3, -0.25) is 14.7 Å². The Hall–Kier alpha value is -3.08. The van der Waals surface area contributed by atoms with Crippen molar-refractivity contribution in [1.29, 1.82) is 0 Å². The molecule has 1 aromatic heterocycles. The summed E-state index contributed by atoms with van der Waals surface area (Å²) in [6, 6.07) is 19.0. The van der Waals surface area contributed by atoms with Crippen molar-refractivity contribution in [1.82, 2.24) is 14.8 Å². The number of thioether (sulfide) groups is 1. The Morgan fingerprint density at radius 2 is 1.89 bits per heavy atom. The van der Waals surface area contributed by atoms with Crippen molar-refractivity contribution in [3.05, 3.63) is 103 Å². The van der Waals surface area contributed by atoms with Crippen LogP contribution in [0.4, 0.5) is 0 Å². The zero-order valence-electron chi connectivity index (χ0n) is 21.1. The molecule has 198 valence electrons. The number of ether oxygens (including phenoxy) is 2. The largest absolute Gasteiger partial charge is 0.490 e. The summed E-state index contributed by atoms with van der Waals surface area (Å²) >= 11 is 11.0. The first-order valence-corrected chi connectivity index (χ1v) is 13.9. The SMILES string of the molecule is CCOc1cc([C@H](C[N+](=O)[O-])Sc2nnc(C)n2-c2cccc(C)c2)cc(Br)c1OCc1cccc(Cl)c1. The van der Waals surface area contributed by atoms with Gasteiger partial charge in [-0.15, -0.1) is 10.2 Å². The second kappa shape index (κ2) is 12.6. The Labute approximate surface area is 238 Å². The number of aromatic nitrogens is 3. The Morgan fingerprint density at radius 3 is 2.61 bits per heavy atom. The smallest absolute Gasteiger partial charge is 0.220 e. The Morgan fingerprint density at radius 1 is 1.11 bits per heavy atom. The first-order chi connectivity index (χ1) is 18.2. The number of aryl methyl sites for hydroxylation is 2. The molecule has 0 aliphatic carbocycles. The summed E-state index contributed by atoms with van der Waals surface area (Å²) in [7, 11) is 0. The van der Waals surface area contributed by atoms with Crippen LogP contribution in [0.15, 0.2) is 70.3 Å². The average Bonchev–Trinajstić information content (AvgIpc) is 3.22. The van der Waals surface area contributed by atoms with E-state index in [-0.39, 0.29) is 18.1 Å². The van der Waals surface area contributed by atoms with Crippen LogP contribution in [0, 0.1) is 24.0 Å². The van der Waals surface area contributed by atoms with E-state index >= 15 is 0 Å². The van der Waals surface area contributed by atoms with Gasteiger partial charge in [0.1, 0.15) is 17.7 Å². The Bertz CT molecular complexity index is 1450. The van der Waals surface area contributed by atoms with Crippen LogP contribution < -0.4 is 9.47 Å². The number of hydrogen-bond donors (Lipinski definition) is 0. The molecule has 0 amide bonds. The highest BCUT2D eigenvalue weighted by Gasteiger charge is 2.26. The van der Waals surface area contributed by atoms with Gasteiger partial charge in [0.15, 0.2) is 16.7 Å². The third kappa shape index (κ3) is 6.86. The van der Waals surface area contributed by atoms with E-state index in [1.165, 1.54) is 11.8 Å². The summed E-state index contributed by atoms with van der Waals surface area (Å²) < 4.78 is 14.5. The van der Waals surface area contributed by atoms with Gasteiger partial charge in [0, 0.05) is 15.6 Å². The van der Waals surface area contributed by atoms with Crippen LogP contribution in [0.5, 0.6) is 11.5 Å². The first kappa shape index (κ1) is 27.9. The van der Waals surface area contributed by atoms with Crippen molar-refractivity contribution < 1.29 is 14.4 Å². The van der Waals surface area contributed by atoms with E-state index in [1.807, 2.05) is 73.9 Å². The Balaban J connectivity index is 1.67. The molecule has 0 spiro atoms. The molecule has 0 aliphatic rings. The molecule has 38 heavy (non-hydrogen) atoms. The molecule has 0 N–H and O–H groups in total. The van der Waals surface area contributed by atoms with Crippen LogP contribution in [0.25, 0.3) is 5.69 Å². The van der Waals surface area contributed by atoms with Gasteiger partial charge < -0.3 is 9.47 Å². The first-order valence-electron chi connectivity index (χ1n) is 11.9. The lowest BCUT2D eigenvalue weighted by atomic mass is 10.1. The second-order valence-electron chi connectivity index (χ2n) is 8.51. The molecular weight excluding hydrogens is 592 g/mol. The second-order valence-corrected chi connectivity index (χ2v) is 11.0. The number of nitrogens with zero attached hydrogens (tertiary/aromatic N) is 4. The molecule has 4 aromatic rings. The maximum atomic E-state index is 11.7. The van der Waals surface area contributed by atoms with Crippen molar-refractivity contribution in [2.45, 2.75) is 37.8 Å². The van der Waals surface area contributed by atoms with Crippen molar-refractivity contribution in [3.63, 3.8) is 0 Å². The van der Waals surface area contributed by atoms with Gasteiger partial charge in [-0.2, -0.15) is 0 Å². The third-order valence-electron chi connectivity index (χ3n) is 5.59. The van der Waals surface area contributed by atoms with Crippen molar-refractivity contribution >= 4 is 39.3 Å². The third-order valence-corrected chi connectivity index (χ3v) is 7.60. The van der Waals surface area contributed by atoms with Gasteiger partial charge in [0.05, 0.1) is 11.1 Å². The van der Waals surface area contributed by atoms with E-state index in [1.54, 1.807) is 12.1 Å². The highest BCUT2D eigenvalue weighted by Crippen LogP contribution is 2.43. The highest BCUT2D eigenvalue weighted by atomic mass is 79.9. The average molecular weight is 618 g/mol. The van der Waals surface area contributed by atoms with Gasteiger partial charge in [-0.1, -0.05) is 47.6 Å². The van der Waals surface area contributed by atoms with Crippen LogP contribution in [0.2, 0.25) is 5.02 Å². The minimum atomic E-state index is -0.561. The summed E-state index contributed by atoms with van der Waals surface area (Å²) in [6.07, 6.45) is 0. The molecule has 0 saturated carbocycles. The van der Waals surface area contributed by atoms with Gasteiger partial charge in [0.25, 0.3) is 0 Å². The molecule has 3 aromatic carbocycles. The molecule has 8 nitrogen and oxygen atoms in total. The molecule has 0 aliphatic heterocycles. The molecule has 1 heterocycles. The van der Waals surface area contributed by atoms with Crippen molar-refractivity contribution in [2.75, 3.05) is 13.2 Å². The van der Waals surface area contributed by atoms with E-state index in [2.05, 4.69) is 26.1 Å². The lowest BCUT2D eigenvalue weighted by Gasteiger charge is -2.19. The minimum Gasteiger partial charge on any atom is -0.490 e. The van der Waals surface area contributed by atoms with Gasteiger partial charge >= 0.3 is 0 Å². The van der Waals surface area contributed by atoms with E-state index in [9.17, 15) is 10.1 Å². The fourth-order valence-electron chi connectivity index (χ4n) is 3.92. The molecule has 0 fully saturated rings. The standard InChI is InChI=1S/C27H26BrClN4O4S/c1-4-36-24-14-20(13-23(28)26(24)37-16-19-8-6-9-21(29)12-19)25(15-32(34)35)38-27-31-30-18(3)33(27)22-10-5-7-17(2)11-22/h5-14,25H,4,15-16H2,1-3H3/t25-/m0/s1. The molecule has 4 rings (SSSR count). The molecule has 0 radical (unpaired) electrons. The zero-order chi connectivity index (χ0) is 27.2. The topological polar surface area (TPSA) is 92.3 Å². The summed E-state index contributed by atoms with van der Waals surface area (Å²) in [4.78, 5) is 11.4. The number of halogens is 2. The predicted octanol–water partition coefficient (Wildman–Crippen LogP) is 7.39.